The third-order valence-corrected chi connectivity index (χ3v) is 4.08. The topological polar surface area (TPSA) is 29.0 Å². The maximum Gasteiger partial charge on any atom is 0.225 e. The molecule has 0 aliphatic carbocycles. The summed E-state index contributed by atoms with van der Waals surface area (Å²) in [6.07, 6.45) is 4.97. The van der Waals surface area contributed by atoms with Crippen LogP contribution >= 0.6 is 34.4 Å². The Morgan fingerprint density at radius 1 is 1.50 bits per heavy atom. The zero-order valence-electron chi connectivity index (χ0n) is 7.98. The van der Waals surface area contributed by atoms with Crippen LogP contribution in [0, 0.1) is 3.57 Å². The molecule has 0 spiro atoms. The van der Waals surface area contributed by atoms with Crippen LogP contribution in [-0.4, -0.2) is 34.6 Å². The second-order valence-electron chi connectivity index (χ2n) is 3.33. The molecule has 3 nitrogen and oxygen atoms in total. The molecule has 0 radical (unpaired) electrons. The van der Waals surface area contributed by atoms with Gasteiger partial charge in [-0.15, -0.1) is 0 Å². The van der Waals surface area contributed by atoms with Crippen LogP contribution in [0.15, 0.2) is 12.4 Å². The van der Waals surface area contributed by atoms with Crippen molar-refractivity contribution in [2.75, 3.05) is 23.5 Å². The SMILES string of the molecule is CN(c1ncc(I)cn1)C1CCSC1. The van der Waals surface area contributed by atoms with Crippen molar-refractivity contribution < 1.29 is 0 Å². The van der Waals surface area contributed by atoms with Crippen LogP contribution in [0.4, 0.5) is 5.95 Å². The fraction of sp³-hybridized carbons (Fsp3) is 0.556. The van der Waals surface area contributed by atoms with E-state index in [1.165, 1.54) is 17.9 Å². The maximum atomic E-state index is 4.32. The van der Waals surface area contributed by atoms with Crippen molar-refractivity contribution in [3.63, 3.8) is 0 Å². The molecule has 0 aromatic carbocycles. The van der Waals surface area contributed by atoms with Crippen molar-refractivity contribution in [3.8, 4) is 0 Å². The lowest BCUT2D eigenvalue weighted by molar-refractivity contribution is 0.681. The largest absolute Gasteiger partial charge is 0.340 e. The van der Waals surface area contributed by atoms with Gasteiger partial charge in [-0.05, 0) is 34.8 Å². The van der Waals surface area contributed by atoms with E-state index in [0.29, 0.717) is 6.04 Å². The molecule has 1 aromatic rings. The Morgan fingerprint density at radius 2 is 2.21 bits per heavy atom. The van der Waals surface area contributed by atoms with Gasteiger partial charge < -0.3 is 4.90 Å². The van der Waals surface area contributed by atoms with Crippen LogP contribution in [0.3, 0.4) is 0 Å². The van der Waals surface area contributed by atoms with Gasteiger partial charge in [-0.1, -0.05) is 0 Å². The standard InChI is InChI=1S/C9H12IN3S/c1-13(8-2-3-14-6-8)9-11-4-7(10)5-12-9/h4-5,8H,2-3,6H2,1H3. The minimum atomic E-state index is 0.611. The van der Waals surface area contributed by atoms with E-state index < -0.39 is 0 Å². The summed E-state index contributed by atoms with van der Waals surface area (Å²) in [5.41, 5.74) is 0. The van der Waals surface area contributed by atoms with Gasteiger partial charge in [-0.2, -0.15) is 11.8 Å². The molecule has 0 amide bonds. The lowest BCUT2D eigenvalue weighted by atomic mass is 10.2. The molecule has 1 aliphatic rings. The fourth-order valence-corrected chi connectivity index (χ4v) is 3.02. The molecule has 14 heavy (non-hydrogen) atoms. The van der Waals surface area contributed by atoms with Gasteiger partial charge in [0, 0.05) is 34.8 Å². The Kier molecular flexibility index (Phi) is 3.48. The van der Waals surface area contributed by atoms with E-state index in [1.807, 2.05) is 24.2 Å². The number of rotatable bonds is 2. The molecule has 1 fully saturated rings. The normalized spacial score (nSPS) is 21.1. The Morgan fingerprint density at radius 3 is 2.79 bits per heavy atom. The van der Waals surface area contributed by atoms with Gasteiger partial charge >= 0.3 is 0 Å². The molecular weight excluding hydrogens is 309 g/mol. The van der Waals surface area contributed by atoms with Gasteiger partial charge in [0.05, 0.1) is 0 Å². The third kappa shape index (κ3) is 2.31. The summed E-state index contributed by atoms with van der Waals surface area (Å²) in [4.78, 5) is 10.8. The summed E-state index contributed by atoms with van der Waals surface area (Å²) >= 11 is 4.23. The van der Waals surface area contributed by atoms with Crippen LogP contribution in [0.5, 0.6) is 0 Å². The molecule has 5 heteroatoms. The number of halogens is 1. The predicted octanol–water partition coefficient (Wildman–Crippen LogP) is 2.02. The second kappa shape index (κ2) is 4.65. The molecule has 1 unspecified atom stereocenters. The number of aromatic nitrogens is 2. The molecule has 0 N–H and O–H groups in total. The molecule has 0 bridgehead atoms. The van der Waals surface area contributed by atoms with Crippen LogP contribution in [0.2, 0.25) is 0 Å². The Hall–Kier alpha value is -0.0400. The van der Waals surface area contributed by atoms with Crippen molar-refractivity contribution in [2.24, 2.45) is 0 Å². The quantitative estimate of drug-likeness (QED) is 0.780. The van der Waals surface area contributed by atoms with Crippen molar-refractivity contribution in [2.45, 2.75) is 12.5 Å². The molecular formula is C9H12IN3S. The third-order valence-electron chi connectivity index (χ3n) is 2.38. The minimum Gasteiger partial charge on any atom is -0.340 e. The summed E-state index contributed by atoms with van der Waals surface area (Å²) in [6.45, 7) is 0. The highest BCUT2D eigenvalue weighted by Gasteiger charge is 2.21. The van der Waals surface area contributed by atoms with Crippen molar-refractivity contribution >= 4 is 40.3 Å². The molecule has 1 saturated heterocycles. The maximum absolute atomic E-state index is 4.32. The Labute approximate surface area is 102 Å². The number of nitrogens with zero attached hydrogens (tertiary/aromatic N) is 3. The van der Waals surface area contributed by atoms with E-state index in [4.69, 9.17) is 0 Å². The van der Waals surface area contributed by atoms with Crippen LogP contribution in [0.25, 0.3) is 0 Å². The average Bonchev–Trinajstić information content (AvgIpc) is 2.71. The summed E-state index contributed by atoms with van der Waals surface area (Å²) < 4.78 is 1.08. The van der Waals surface area contributed by atoms with Gasteiger partial charge in [0.2, 0.25) is 5.95 Å². The van der Waals surface area contributed by atoms with Gasteiger partial charge in [0.25, 0.3) is 0 Å². The van der Waals surface area contributed by atoms with Gasteiger partial charge in [-0.25, -0.2) is 9.97 Å². The molecule has 1 atom stereocenters. The molecule has 2 heterocycles. The Bertz CT molecular complexity index is 297. The van der Waals surface area contributed by atoms with E-state index in [0.717, 1.165) is 9.52 Å². The van der Waals surface area contributed by atoms with Crippen LogP contribution < -0.4 is 4.90 Å². The van der Waals surface area contributed by atoms with E-state index >= 15 is 0 Å². The van der Waals surface area contributed by atoms with E-state index in [9.17, 15) is 0 Å². The molecule has 1 aromatic heterocycles. The zero-order valence-corrected chi connectivity index (χ0v) is 11.0. The monoisotopic (exact) mass is 321 g/mol. The molecule has 0 saturated carbocycles. The first kappa shape index (κ1) is 10.5. The summed E-state index contributed by atoms with van der Waals surface area (Å²) in [5.74, 6) is 3.31. The number of hydrogen-bond acceptors (Lipinski definition) is 4. The molecule has 1 aliphatic heterocycles. The first-order chi connectivity index (χ1) is 6.77. The number of thioether (sulfide) groups is 1. The summed E-state index contributed by atoms with van der Waals surface area (Å²) in [5, 5.41) is 0. The average molecular weight is 321 g/mol. The van der Waals surface area contributed by atoms with E-state index in [-0.39, 0.29) is 0 Å². The number of anilines is 1. The van der Waals surface area contributed by atoms with Crippen molar-refractivity contribution in [3.05, 3.63) is 16.0 Å². The highest BCUT2D eigenvalue weighted by Crippen LogP contribution is 2.23. The van der Waals surface area contributed by atoms with E-state index in [2.05, 4.69) is 44.5 Å². The Balaban J connectivity index is 2.09. The lowest BCUT2D eigenvalue weighted by Crippen LogP contribution is -2.32. The molecule has 2 rings (SSSR count). The highest BCUT2D eigenvalue weighted by atomic mass is 127. The van der Waals surface area contributed by atoms with Gasteiger partial charge in [0.1, 0.15) is 0 Å². The van der Waals surface area contributed by atoms with Crippen molar-refractivity contribution in [1.29, 1.82) is 0 Å². The number of hydrogen-bond donors (Lipinski definition) is 0. The minimum absolute atomic E-state index is 0.611. The van der Waals surface area contributed by atoms with Crippen LogP contribution in [-0.2, 0) is 0 Å². The van der Waals surface area contributed by atoms with E-state index in [1.54, 1.807) is 0 Å². The summed E-state index contributed by atoms with van der Waals surface area (Å²) in [7, 11) is 2.08. The smallest absolute Gasteiger partial charge is 0.225 e. The molecule has 76 valence electrons. The van der Waals surface area contributed by atoms with Crippen LogP contribution in [0.1, 0.15) is 6.42 Å². The van der Waals surface area contributed by atoms with Gasteiger partial charge in [-0.3, -0.25) is 0 Å². The fourth-order valence-electron chi connectivity index (χ4n) is 1.48. The van der Waals surface area contributed by atoms with Crippen molar-refractivity contribution in [1.82, 2.24) is 9.97 Å². The zero-order chi connectivity index (χ0) is 9.97. The predicted molar refractivity (Wildman–Crippen MR) is 68.9 cm³/mol. The first-order valence-electron chi connectivity index (χ1n) is 4.55. The lowest BCUT2D eigenvalue weighted by Gasteiger charge is -2.23. The van der Waals surface area contributed by atoms with Gasteiger partial charge in [0.15, 0.2) is 0 Å². The second-order valence-corrected chi connectivity index (χ2v) is 5.73. The first-order valence-corrected chi connectivity index (χ1v) is 6.79. The summed E-state index contributed by atoms with van der Waals surface area (Å²) in [6, 6.07) is 0.611. The highest BCUT2D eigenvalue weighted by molar-refractivity contribution is 14.1.